The van der Waals surface area contributed by atoms with Crippen molar-refractivity contribution in [2.45, 2.75) is 90.2 Å². The average Bonchev–Trinajstić information content (AvgIpc) is 3.58. The molecule has 1 atom stereocenters. The van der Waals surface area contributed by atoms with Crippen molar-refractivity contribution < 1.29 is 9.84 Å². The van der Waals surface area contributed by atoms with Gasteiger partial charge in [0, 0.05) is 18.2 Å². The summed E-state index contributed by atoms with van der Waals surface area (Å²) < 4.78 is 5.91. The number of hydrogen-bond donors (Lipinski definition) is 2. The van der Waals surface area contributed by atoms with Gasteiger partial charge in [0.2, 0.25) is 0 Å². The highest BCUT2D eigenvalue weighted by Gasteiger charge is 2.27. The normalized spacial score (nSPS) is 17.3. The number of phenolic OH excluding ortho intramolecular Hbond substituents is 1. The van der Waals surface area contributed by atoms with E-state index in [1.54, 1.807) is 0 Å². The summed E-state index contributed by atoms with van der Waals surface area (Å²) in [6, 6.07) is 6.68. The predicted molar refractivity (Wildman–Crippen MR) is 121 cm³/mol. The first-order valence-corrected chi connectivity index (χ1v) is 11.8. The van der Waals surface area contributed by atoms with Crippen molar-refractivity contribution >= 4 is 5.82 Å². The lowest BCUT2D eigenvalue weighted by molar-refractivity contribution is 0.119. The zero-order chi connectivity index (χ0) is 20.9. The lowest BCUT2D eigenvalue weighted by atomic mass is 9.95. The SMILES string of the molecule is CCCCC[C@H](CC)Nc1cc2c(nn1)-c1c(O)cc(C3CC3)cc1COCCC2. The number of aryl methyl sites for hydroxylation is 1. The van der Waals surface area contributed by atoms with Gasteiger partial charge in [0.1, 0.15) is 17.3 Å². The van der Waals surface area contributed by atoms with Crippen LogP contribution in [0.4, 0.5) is 5.82 Å². The summed E-state index contributed by atoms with van der Waals surface area (Å²) in [5, 5.41) is 23.6. The van der Waals surface area contributed by atoms with Crippen LogP contribution in [0.3, 0.4) is 0 Å². The Bertz CT molecular complexity index is 864. The summed E-state index contributed by atoms with van der Waals surface area (Å²) >= 11 is 0. The smallest absolute Gasteiger partial charge is 0.149 e. The number of hydrogen-bond acceptors (Lipinski definition) is 5. The van der Waals surface area contributed by atoms with Crippen LogP contribution >= 0.6 is 0 Å². The molecule has 2 N–H and O–H groups in total. The van der Waals surface area contributed by atoms with Crippen LogP contribution in [0.5, 0.6) is 5.75 Å². The molecule has 0 amide bonds. The molecule has 2 aliphatic rings. The fourth-order valence-electron chi connectivity index (χ4n) is 4.43. The van der Waals surface area contributed by atoms with Crippen molar-refractivity contribution in [2.75, 3.05) is 11.9 Å². The molecule has 2 aromatic rings. The van der Waals surface area contributed by atoms with Crippen molar-refractivity contribution in [3.63, 3.8) is 0 Å². The maximum Gasteiger partial charge on any atom is 0.149 e. The molecule has 0 spiro atoms. The van der Waals surface area contributed by atoms with Crippen LogP contribution in [0.1, 0.15) is 87.8 Å². The number of unbranched alkanes of at least 4 members (excludes halogenated alkanes) is 2. The van der Waals surface area contributed by atoms with Crippen molar-refractivity contribution in [1.29, 1.82) is 0 Å². The monoisotopic (exact) mass is 409 g/mol. The van der Waals surface area contributed by atoms with Crippen LogP contribution < -0.4 is 5.32 Å². The molecule has 5 heteroatoms. The Morgan fingerprint density at radius 1 is 1.13 bits per heavy atom. The van der Waals surface area contributed by atoms with E-state index < -0.39 is 0 Å². The summed E-state index contributed by atoms with van der Waals surface area (Å²) in [7, 11) is 0. The van der Waals surface area contributed by atoms with E-state index in [-0.39, 0.29) is 0 Å². The fraction of sp³-hybridized carbons (Fsp3) is 0.600. The Hall–Kier alpha value is -2.14. The number of anilines is 1. The minimum absolute atomic E-state index is 0.308. The Morgan fingerprint density at radius 3 is 2.77 bits per heavy atom. The molecule has 1 fully saturated rings. The Balaban J connectivity index is 1.63. The standard InChI is InChI=1S/C25H35N3O2/c1-3-5-6-9-21(4-2)26-23-15-18-8-7-12-30-16-20-13-19(17-10-11-17)14-22(29)24(20)25(18)28-27-23/h13-15,17,21,29H,3-12,16H2,1-2H3,(H,26,27)/t21-/m0/s1. The largest absolute Gasteiger partial charge is 0.507 e. The molecule has 0 radical (unpaired) electrons. The molecule has 1 aromatic carbocycles. The first-order chi connectivity index (χ1) is 14.7. The van der Waals surface area contributed by atoms with Gasteiger partial charge in [0.05, 0.1) is 6.61 Å². The summed E-state index contributed by atoms with van der Waals surface area (Å²) in [4.78, 5) is 0. The average molecular weight is 410 g/mol. The van der Waals surface area contributed by atoms with E-state index in [9.17, 15) is 5.11 Å². The zero-order valence-electron chi connectivity index (χ0n) is 18.4. The van der Waals surface area contributed by atoms with Crippen molar-refractivity contribution in [2.24, 2.45) is 0 Å². The second-order valence-corrected chi connectivity index (χ2v) is 8.85. The van der Waals surface area contributed by atoms with E-state index >= 15 is 0 Å². The second-order valence-electron chi connectivity index (χ2n) is 8.85. The third-order valence-corrected chi connectivity index (χ3v) is 6.37. The molecule has 1 aliphatic heterocycles. The topological polar surface area (TPSA) is 67.3 Å². The highest BCUT2D eigenvalue weighted by atomic mass is 16.5. The van der Waals surface area contributed by atoms with Crippen LogP contribution in [0.25, 0.3) is 11.3 Å². The minimum Gasteiger partial charge on any atom is -0.507 e. The van der Waals surface area contributed by atoms with Gasteiger partial charge < -0.3 is 15.2 Å². The molecule has 1 saturated carbocycles. The number of phenols is 1. The van der Waals surface area contributed by atoms with Gasteiger partial charge in [0.15, 0.2) is 0 Å². The second kappa shape index (κ2) is 9.78. The molecule has 1 aliphatic carbocycles. The van der Waals surface area contributed by atoms with Crippen LogP contribution in [0.15, 0.2) is 18.2 Å². The van der Waals surface area contributed by atoms with Crippen LogP contribution in [-0.4, -0.2) is 28.0 Å². The number of fused-ring (bicyclic) bond motifs is 3. The molecule has 4 rings (SSSR count). The number of aromatic hydroxyl groups is 1. The quantitative estimate of drug-likeness (QED) is 0.527. The molecule has 0 unspecified atom stereocenters. The molecule has 2 heterocycles. The molecule has 0 saturated heterocycles. The van der Waals surface area contributed by atoms with Crippen molar-refractivity contribution in [1.82, 2.24) is 10.2 Å². The molecular formula is C25H35N3O2. The van der Waals surface area contributed by atoms with E-state index in [4.69, 9.17) is 4.74 Å². The van der Waals surface area contributed by atoms with Crippen LogP contribution in [-0.2, 0) is 17.8 Å². The van der Waals surface area contributed by atoms with E-state index in [0.29, 0.717) is 30.9 Å². The maximum absolute atomic E-state index is 10.9. The Kier molecular flexibility index (Phi) is 6.88. The number of ether oxygens (including phenoxy) is 1. The number of rotatable bonds is 8. The Morgan fingerprint density at radius 2 is 2.00 bits per heavy atom. The summed E-state index contributed by atoms with van der Waals surface area (Å²) in [5.41, 5.74) is 4.99. The molecular weight excluding hydrogens is 374 g/mol. The van der Waals surface area contributed by atoms with Crippen molar-refractivity contribution in [3.05, 3.63) is 34.9 Å². The predicted octanol–water partition coefficient (Wildman–Crippen LogP) is 5.96. The van der Waals surface area contributed by atoms with Crippen molar-refractivity contribution in [3.8, 4) is 17.0 Å². The zero-order valence-corrected chi connectivity index (χ0v) is 18.4. The molecule has 5 nitrogen and oxygen atoms in total. The van der Waals surface area contributed by atoms with Gasteiger partial charge in [-0.1, -0.05) is 39.2 Å². The molecule has 1 aromatic heterocycles. The summed E-state index contributed by atoms with van der Waals surface area (Å²) in [6.07, 6.45) is 10.2. The molecule has 162 valence electrons. The lowest BCUT2D eigenvalue weighted by Gasteiger charge is -2.19. The summed E-state index contributed by atoms with van der Waals surface area (Å²) in [5.74, 6) is 1.74. The first-order valence-electron chi connectivity index (χ1n) is 11.8. The lowest BCUT2D eigenvalue weighted by Crippen LogP contribution is -2.19. The highest BCUT2D eigenvalue weighted by molar-refractivity contribution is 5.74. The van der Waals surface area contributed by atoms with Gasteiger partial charge in [-0.25, -0.2) is 0 Å². The number of benzene rings is 1. The van der Waals surface area contributed by atoms with E-state index in [1.165, 1.54) is 37.7 Å². The maximum atomic E-state index is 10.9. The minimum atomic E-state index is 0.308. The highest BCUT2D eigenvalue weighted by Crippen LogP contribution is 2.45. The number of nitrogens with one attached hydrogen (secondary N) is 1. The van der Waals surface area contributed by atoms with Gasteiger partial charge in [-0.2, -0.15) is 0 Å². The first kappa shape index (κ1) is 21.1. The van der Waals surface area contributed by atoms with E-state index in [2.05, 4.69) is 41.5 Å². The third kappa shape index (κ3) is 4.94. The third-order valence-electron chi connectivity index (χ3n) is 6.37. The Labute approximate surface area is 180 Å². The van der Waals surface area contributed by atoms with E-state index in [0.717, 1.165) is 53.9 Å². The summed E-state index contributed by atoms with van der Waals surface area (Å²) in [6.45, 7) is 5.69. The van der Waals surface area contributed by atoms with Crippen LogP contribution in [0.2, 0.25) is 0 Å². The fourth-order valence-corrected chi connectivity index (χ4v) is 4.43. The van der Waals surface area contributed by atoms with E-state index in [1.807, 2.05) is 6.07 Å². The molecule has 30 heavy (non-hydrogen) atoms. The number of nitrogens with zero attached hydrogens (tertiary/aromatic N) is 2. The van der Waals surface area contributed by atoms with Gasteiger partial charge in [-0.05, 0) is 73.3 Å². The van der Waals surface area contributed by atoms with Gasteiger partial charge >= 0.3 is 0 Å². The van der Waals surface area contributed by atoms with Gasteiger partial charge in [-0.3, -0.25) is 0 Å². The van der Waals surface area contributed by atoms with Gasteiger partial charge in [0.25, 0.3) is 0 Å². The van der Waals surface area contributed by atoms with Gasteiger partial charge in [-0.15, -0.1) is 10.2 Å². The number of aromatic nitrogens is 2. The van der Waals surface area contributed by atoms with Crippen LogP contribution in [0, 0.1) is 0 Å². The molecule has 0 bridgehead atoms.